The van der Waals surface area contributed by atoms with Gasteiger partial charge in [-0.25, -0.2) is 0 Å². The van der Waals surface area contributed by atoms with Crippen molar-refractivity contribution in [1.82, 2.24) is 0 Å². The van der Waals surface area contributed by atoms with Crippen LogP contribution < -0.4 is 15.0 Å². The Balaban J connectivity index is 1.72. The lowest BCUT2D eigenvalue weighted by Gasteiger charge is -2.20. The van der Waals surface area contributed by atoms with Crippen LogP contribution in [-0.4, -0.2) is 36.5 Å². The molecule has 1 atom stereocenters. The number of carbonyl (C=O) groups is 3. The van der Waals surface area contributed by atoms with Crippen LogP contribution in [-0.2, 0) is 20.8 Å². The first-order valence-corrected chi connectivity index (χ1v) is 8.94. The topological polar surface area (TPSA) is 95.9 Å². The molecule has 2 aromatic carbocycles. The van der Waals surface area contributed by atoms with Crippen LogP contribution in [0.3, 0.4) is 0 Å². The van der Waals surface area contributed by atoms with Crippen molar-refractivity contribution in [3.63, 3.8) is 0 Å². The van der Waals surface area contributed by atoms with Gasteiger partial charge in [0.15, 0.2) is 0 Å². The Morgan fingerprint density at radius 2 is 2.04 bits per heavy atom. The highest BCUT2D eigenvalue weighted by molar-refractivity contribution is 6.04. The minimum atomic E-state index is -0.937. The maximum Gasteiger partial charge on any atom is 0.307 e. The lowest BCUT2D eigenvalue weighted by Crippen LogP contribution is -2.28. The number of nitrogens with zero attached hydrogens (tertiary/aromatic N) is 1. The van der Waals surface area contributed by atoms with Gasteiger partial charge in [-0.3, -0.25) is 14.4 Å². The van der Waals surface area contributed by atoms with E-state index >= 15 is 0 Å². The highest BCUT2D eigenvalue weighted by Gasteiger charge is 2.36. The van der Waals surface area contributed by atoms with E-state index in [2.05, 4.69) is 5.32 Å². The number of nitrogens with one attached hydrogen (secondary N) is 1. The Morgan fingerprint density at radius 3 is 2.75 bits per heavy atom. The Kier molecular flexibility index (Phi) is 5.63. The first-order chi connectivity index (χ1) is 13.4. The number of methoxy groups -OCH3 is 1. The van der Waals surface area contributed by atoms with Crippen molar-refractivity contribution in [2.24, 2.45) is 5.92 Å². The highest BCUT2D eigenvalue weighted by Crippen LogP contribution is 2.34. The zero-order valence-electron chi connectivity index (χ0n) is 15.8. The number of hydrogen-bond donors (Lipinski definition) is 2. The summed E-state index contributed by atoms with van der Waals surface area (Å²) in [6.07, 6.45) is -0.00962. The molecule has 1 heterocycles. The van der Waals surface area contributed by atoms with Crippen molar-refractivity contribution in [3.8, 4) is 5.75 Å². The first-order valence-electron chi connectivity index (χ1n) is 8.94. The second kappa shape index (κ2) is 8.12. The van der Waals surface area contributed by atoms with E-state index in [0.717, 1.165) is 5.56 Å². The molecular formula is C21H22N2O5. The van der Waals surface area contributed by atoms with E-state index in [9.17, 15) is 14.4 Å². The predicted octanol–water partition coefficient (Wildman–Crippen LogP) is 2.62. The molecule has 0 bridgehead atoms. The third-order valence-corrected chi connectivity index (χ3v) is 4.67. The Hall–Kier alpha value is -3.35. The van der Waals surface area contributed by atoms with Crippen LogP contribution in [0.1, 0.15) is 17.5 Å². The van der Waals surface area contributed by atoms with Gasteiger partial charge >= 0.3 is 5.97 Å². The van der Waals surface area contributed by atoms with Crippen LogP contribution in [0.15, 0.2) is 42.5 Å². The number of carboxylic acid groups (broad SMARTS) is 1. The summed E-state index contributed by atoms with van der Waals surface area (Å²) in [5.74, 6) is -1.26. The van der Waals surface area contributed by atoms with Crippen molar-refractivity contribution in [2.45, 2.75) is 19.8 Å². The van der Waals surface area contributed by atoms with E-state index in [4.69, 9.17) is 9.84 Å². The summed E-state index contributed by atoms with van der Waals surface area (Å²) in [7, 11) is 1.54. The predicted molar refractivity (Wildman–Crippen MR) is 105 cm³/mol. The third-order valence-electron chi connectivity index (χ3n) is 4.67. The summed E-state index contributed by atoms with van der Waals surface area (Å²) in [6.45, 7) is 2.19. The van der Waals surface area contributed by atoms with Crippen molar-refractivity contribution in [1.29, 1.82) is 0 Å². The van der Waals surface area contributed by atoms with E-state index in [1.54, 1.807) is 42.3 Å². The molecule has 1 saturated heterocycles. The SMILES string of the molecule is COc1ccc(C)cc1N1CC(C(=O)Nc2cccc(CC(=O)O)c2)CC1=O. The second-order valence-corrected chi connectivity index (χ2v) is 6.84. The third kappa shape index (κ3) is 4.31. The smallest absolute Gasteiger partial charge is 0.307 e. The summed E-state index contributed by atoms with van der Waals surface area (Å²) in [5, 5.41) is 11.7. The summed E-state index contributed by atoms with van der Waals surface area (Å²) in [4.78, 5) is 37.6. The van der Waals surface area contributed by atoms with Crippen LogP contribution in [0.5, 0.6) is 5.75 Å². The molecule has 1 aliphatic heterocycles. The summed E-state index contributed by atoms with van der Waals surface area (Å²) in [6, 6.07) is 12.3. The highest BCUT2D eigenvalue weighted by atomic mass is 16.5. The molecule has 2 amide bonds. The molecule has 1 fully saturated rings. The number of carboxylic acids is 1. The molecule has 0 saturated carbocycles. The van der Waals surface area contributed by atoms with Gasteiger partial charge in [-0.15, -0.1) is 0 Å². The average molecular weight is 382 g/mol. The molecule has 1 unspecified atom stereocenters. The Labute approximate surface area is 162 Å². The summed E-state index contributed by atoms with van der Waals surface area (Å²) in [5.41, 5.74) is 2.76. The van der Waals surface area contributed by atoms with Gasteiger partial charge in [-0.05, 0) is 42.3 Å². The quantitative estimate of drug-likeness (QED) is 0.801. The maximum absolute atomic E-state index is 12.7. The number of amides is 2. The molecule has 1 aliphatic rings. The fourth-order valence-electron chi connectivity index (χ4n) is 3.30. The van der Waals surface area contributed by atoms with Gasteiger partial charge in [-0.1, -0.05) is 18.2 Å². The fourth-order valence-corrected chi connectivity index (χ4v) is 3.30. The van der Waals surface area contributed by atoms with Crippen LogP contribution in [0.4, 0.5) is 11.4 Å². The molecule has 0 radical (unpaired) electrons. The minimum absolute atomic E-state index is 0.109. The maximum atomic E-state index is 12.7. The molecule has 0 aliphatic carbocycles. The standard InChI is InChI=1S/C21H22N2O5/c1-13-6-7-18(28-2)17(8-13)23-12-15(11-19(23)24)21(27)22-16-5-3-4-14(9-16)10-20(25)26/h3-9,15H,10-12H2,1-2H3,(H,22,27)(H,25,26). The molecule has 2 aromatic rings. The zero-order chi connectivity index (χ0) is 20.3. The van der Waals surface area contributed by atoms with E-state index in [1.165, 1.54) is 0 Å². The lowest BCUT2D eigenvalue weighted by atomic mass is 10.1. The molecule has 3 rings (SSSR count). The van der Waals surface area contributed by atoms with Gasteiger partial charge in [0.1, 0.15) is 5.75 Å². The average Bonchev–Trinajstić information content (AvgIpc) is 3.03. The summed E-state index contributed by atoms with van der Waals surface area (Å²) >= 11 is 0. The largest absolute Gasteiger partial charge is 0.495 e. The normalized spacial score (nSPS) is 16.1. The molecule has 146 valence electrons. The fraction of sp³-hybridized carbons (Fsp3) is 0.286. The number of hydrogen-bond acceptors (Lipinski definition) is 4. The zero-order valence-corrected chi connectivity index (χ0v) is 15.8. The van der Waals surface area contributed by atoms with Crippen molar-refractivity contribution in [3.05, 3.63) is 53.6 Å². The molecule has 28 heavy (non-hydrogen) atoms. The molecule has 7 nitrogen and oxygen atoms in total. The van der Waals surface area contributed by atoms with Crippen LogP contribution in [0.2, 0.25) is 0 Å². The number of benzene rings is 2. The van der Waals surface area contributed by atoms with Crippen molar-refractivity contribution >= 4 is 29.2 Å². The second-order valence-electron chi connectivity index (χ2n) is 6.84. The van der Waals surface area contributed by atoms with Gasteiger partial charge in [0.05, 0.1) is 25.1 Å². The van der Waals surface area contributed by atoms with Gasteiger partial charge in [0.25, 0.3) is 0 Å². The van der Waals surface area contributed by atoms with E-state index in [-0.39, 0.29) is 31.2 Å². The molecular weight excluding hydrogens is 360 g/mol. The van der Waals surface area contributed by atoms with Gasteiger partial charge in [0, 0.05) is 18.7 Å². The number of anilines is 2. The van der Waals surface area contributed by atoms with Gasteiger partial charge < -0.3 is 20.1 Å². The van der Waals surface area contributed by atoms with Crippen LogP contribution in [0.25, 0.3) is 0 Å². The monoisotopic (exact) mass is 382 g/mol. The number of ether oxygens (including phenoxy) is 1. The number of aliphatic carboxylic acids is 1. The summed E-state index contributed by atoms with van der Waals surface area (Å²) < 4.78 is 5.35. The van der Waals surface area contributed by atoms with E-state index in [1.807, 2.05) is 19.1 Å². The minimum Gasteiger partial charge on any atom is -0.495 e. The molecule has 2 N–H and O–H groups in total. The van der Waals surface area contributed by atoms with E-state index in [0.29, 0.717) is 22.7 Å². The number of carbonyl (C=O) groups excluding carboxylic acids is 2. The van der Waals surface area contributed by atoms with Gasteiger partial charge in [0.2, 0.25) is 11.8 Å². The van der Waals surface area contributed by atoms with E-state index < -0.39 is 11.9 Å². The molecule has 0 spiro atoms. The number of aryl methyl sites for hydroxylation is 1. The van der Waals surface area contributed by atoms with Gasteiger partial charge in [-0.2, -0.15) is 0 Å². The van der Waals surface area contributed by atoms with Crippen molar-refractivity contribution in [2.75, 3.05) is 23.9 Å². The van der Waals surface area contributed by atoms with Crippen molar-refractivity contribution < 1.29 is 24.2 Å². The Morgan fingerprint density at radius 1 is 1.25 bits per heavy atom. The van der Waals surface area contributed by atoms with Crippen LogP contribution in [0, 0.1) is 12.8 Å². The number of rotatable bonds is 6. The first kappa shape index (κ1) is 19.4. The molecule has 7 heteroatoms. The van der Waals surface area contributed by atoms with Crippen LogP contribution >= 0.6 is 0 Å². The Bertz CT molecular complexity index is 925. The lowest BCUT2D eigenvalue weighted by molar-refractivity contribution is -0.136. The molecule has 0 aromatic heterocycles.